The first-order valence-electron chi connectivity index (χ1n) is 10.4. The van der Waals surface area contributed by atoms with Gasteiger partial charge in [-0.1, -0.05) is 58.0 Å². The number of anilines is 2. The number of aromatic nitrogens is 4. The van der Waals surface area contributed by atoms with Crippen LogP contribution >= 0.6 is 39.0 Å². The van der Waals surface area contributed by atoms with E-state index in [1.54, 1.807) is 6.08 Å². The maximum atomic E-state index is 12.6. The van der Waals surface area contributed by atoms with Crippen LogP contribution in [0.1, 0.15) is 0 Å². The number of carbonyl (C=O) groups is 1. The van der Waals surface area contributed by atoms with E-state index in [0.29, 0.717) is 16.8 Å². The van der Waals surface area contributed by atoms with Gasteiger partial charge in [-0.3, -0.25) is 9.36 Å². The summed E-state index contributed by atoms with van der Waals surface area (Å²) >= 11 is 6.17. The lowest BCUT2D eigenvalue weighted by molar-refractivity contribution is -0.113. The minimum atomic E-state index is -0.147. The summed E-state index contributed by atoms with van der Waals surface area (Å²) in [6.45, 7) is 4.40. The molecule has 0 saturated heterocycles. The second kappa shape index (κ2) is 11.0. The van der Waals surface area contributed by atoms with Crippen LogP contribution in [0.5, 0.6) is 0 Å². The minimum Gasteiger partial charge on any atom is -0.378 e. The van der Waals surface area contributed by atoms with Crippen LogP contribution in [0.4, 0.5) is 10.8 Å². The van der Waals surface area contributed by atoms with E-state index in [-0.39, 0.29) is 11.7 Å². The molecule has 0 saturated carbocycles. The lowest BCUT2D eigenvalue weighted by atomic mass is 10.2. The van der Waals surface area contributed by atoms with Gasteiger partial charge in [-0.25, -0.2) is 4.98 Å². The lowest BCUT2D eigenvalue weighted by Gasteiger charge is -2.14. The molecule has 0 atom stereocenters. The summed E-state index contributed by atoms with van der Waals surface area (Å²) in [7, 11) is 4.00. The average Bonchev–Trinajstić information content (AvgIpc) is 3.46. The Kier molecular flexibility index (Phi) is 7.81. The monoisotopic (exact) mass is 554 g/mol. The second-order valence-corrected chi connectivity index (χ2v) is 10.2. The smallest absolute Gasteiger partial charge is 0.236 e. The van der Waals surface area contributed by atoms with E-state index < -0.39 is 0 Å². The fourth-order valence-corrected chi connectivity index (χ4v) is 4.94. The number of rotatable bonds is 9. The maximum absolute atomic E-state index is 12.6. The van der Waals surface area contributed by atoms with E-state index >= 15 is 0 Å². The molecule has 0 aliphatic heterocycles. The molecule has 0 bridgehead atoms. The van der Waals surface area contributed by atoms with Crippen LogP contribution < -0.4 is 10.2 Å². The summed E-state index contributed by atoms with van der Waals surface area (Å²) in [5.41, 5.74) is 3.86. The molecule has 2 aromatic carbocycles. The van der Waals surface area contributed by atoms with Crippen molar-refractivity contribution in [1.29, 1.82) is 0 Å². The Balaban J connectivity index is 1.43. The minimum absolute atomic E-state index is 0.147. The summed E-state index contributed by atoms with van der Waals surface area (Å²) in [6.07, 6.45) is 1.80. The molecule has 4 aromatic rings. The van der Waals surface area contributed by atoms with Crippen molar-refractivity contribution in [3.05, 3.63) is 71.0 Å². The second-order valence-electron chi connectivity index (χ2n) is 7.53. The van der Waals surface area contributed by atoms with E-state index in [4.69, 9.17) is 0 Å². The van der Waals surface area contributed by atoms with Gasteiger partial charge in [0.05, 0.1) is 11.4 Å². The van der Waals surface area contributed by atoms with Crippen molar-refractivity contribution in [3.63, 3.8) is 0 Å². The Labute approximate surface area is 215 Å². The highest BCUT2D eigenvalue weighted by molar-refractivity contribution is 9.10. The molecular formula is C24H23BrN6OS2. The third-order valence-electron chi connectivity index (χ3n) is 4.87. The molecule has 0 unspecified atom stereocenters. The van der Waals surface area contributed by atoms with Gasteiger partial charge < -0.3 is 10.2 Å². The molecule has 174 valence electrons. The van der Waals surface area contributed by atoms with Gasteiger partial charge in [-0.05, 0) is 24.3 Å². The normalized spacial score (nSPS) is 10.8. The first-order chi connectivity index (χ1) is 16.4. The number of amides is 1. The summed E-state index contributed by atoms with van der Waals surface area (Å²) in [5.74, 6) is 0.789. The van der Waals surface area contributed by atoms with Crippen LogP contribution in [0, 0.1) is 0 Å². The highest BCUT2D eigenvalue weighted by Gasteiger charge is 2.16. The molecule has 1 amide bonds. The first-order valence-corrected chi connectivity index (χ1v) is 13.1. The molecule has 7 nitrogen and oxygen atoms in total. The van der Waals surface area contributed by atoms with Gasteiger partial charge in [0.25, 0.3) is 0 Å². The van der Waals surface area contributed by atoms with Gasteiger partial charge in [0.2, 0.25) is 5.91 Å². The molecular weight excluding hydrogens is 532 g/mol. The van der Waals surface area contributed by atoms with Crippen LogP contribution in [0.15, 0.2) is 76.2 Å². The van der Waals surface area contributed by atoms with Crippen molar-refractivity contribution in [2.24, 2.45) is 0 Å². The largest absolute Gasteiger partial charge is 0.378 e. The van der Waals surface area contributed by atoms with E-state index in [9.17, 15) is 4.79 Å². The number of carbonyl (C=O) groups excluding carboxylic acids is 1. The number of thioether (sulfide) groups is 1. The Bertz CT molecular complexity index is 1300. The van der Waals surface area contributed by atoms with E-state index in [0.717, 1.165) is 32.8 Å². The van der Waals surface area contributed by atoms with Crippen LogP contribution in [-0.2, 0) is 11.3 Å². The number of thiazole rings is 1. The third kappa shape index (κ3) is 5.75. The fraction of sp³-hybridized carbons (Fsp3) is 0.167. The van der Waals surface area contributed by atoms with E-state index in [2.05, 4.69) is 49.1 Å². The van der Waals surface area contributed by atoms with Crippen LogP contribution in [0.25, 0.3) is 22.6 Å². The van der Waals surface area contributed by atoms with Crippen molar-refractivity contribution >= 4 is 55.8 Å². The number of hydrogen-bond donors (Lipinski definition) is 1. The zero-order valence-electron chi connectivity index (χ0n) is 18.7. The first kappa shape index (κ1) is 24.2. The van der Waals surface area contributed by atoms with Crippen molar-refractivity contribution < 1.29 is 4.79 Å². The molecule has 0 spiro atoms. The molecule has 0 fully saturated rings. The summed E-state index contributed by atoms with van der Waals surface area (Å²) in [4.78, 5) is 19.2. The molecule has 0 aliphatic carbocycles. The van der Waals surface area contributed by atoms with Crippen molar-refractivity contribution in [2.75, 3.05) is 30.1 Å². The van der Waals surface area contributed by atoms with Crippen LogP contribution in [0.2, 0.25) is 0 Å². The van der Waals surface area contributed by atoms with Gasteiger partial charge >= 0.3 is 0 Å². The van der Waals surface area contributed by atoms with Crippen molar-refractivity contribution in [3.8, 4) is 22.6 Å². The van der Waals surface area contributed by atoms with Gasteiger partial charge in [0, 0.05) is 47.3 Å². The molecule has 0 radical (unpaired) electrons. The van der Waals surface area contributed by atoms with E-state index in [1.165, 1.54) is 23.1 Å². The highest BCUT2D eigenvalue weighted by atomic mass is 79.9. The summed E-state index contributed by atoms with van der Waals surface area (Å²) < 4.78 is 2.98. The number of allylic oxidation sites excluding steroid dienone is 1. The Hall–Kier alpha value is -2.95. The van der Waals surface area contributed by atoms with E-state index in [1.807, 2.05) is 71.4 Å². The standard InChI is InChI=1S/C24H23BrN6OS2/c1-4-12-31-22(17-6-5-7-19(13-17)30(2)3)28-29-24(31)34-15-21(32)27-23-26-20(14-33-23)16-8-10-18(25)11-9-16/h4-11,13-14H,1,12,15H2,2-3H3,(H,26,27,32). The topological polar surface area (TPSA) is 75.9 Å². The summed E-state index contributed by atoms with van der Waals surface area (Å²) in [6, 6.07) is 16.0. The number of halogens is 1. The van der Waals surface area contributed by atoms with Crippen LogP contribution in [-0.4, -0.2) is 45.5 Å². The van der Waals surface area contributed by atoms with Crippen LogP contribution in [0.3, 0.4) is 0 Å². The van der Waals surface area contributed by atoms with Gasteiger partial charge in [-0.15, -0.1) is 28.1 Å². The number of benzene rings is 2. The van der Waals surface area contributed by atoms with Crippen molar-refractivity contribution in [2.45, 2.75) is 11.7 Å². The van der Waals surface area contributed by atoms with Gasteiger partial charge in [-0.2, -0.15) is 0 Å². The highest BCUT2D eigenvalue weighted by Crippen LogP contribution is 2.28. The zero-order valence-corrected chi connectivity index (χ0v) is 22.0. The quantitative estimate of drug-likeness (QED) is 0.207. The zero-order chi connectivity index (χ0) is 24.1. The molecule has 2 heterocycles. The Morgan fingerprint density at radius 1 is 1.21 bits per heavy atom. The molecule has 2 aromatic heterocycles. The lowest BCUT2D eigenvalue weighted by Crippen LogP contribution is -2.14. The predicted molar refractivity (Wildman–Crippen MR) is 145 cm³/mol. The fourth-order valence-electron chi connectivity index (χ4n) is 3.20. The Morgan fingerprint density at radius 3 is 2.74 bits per heavy atom. The van der Waals surface area contributed by atoms with Gasteiger partial charge in [0.1, 0.15) is 0 Å². The molecule has 10 heteroatoms. The number of nitrogens with zero attached hydrogens (tertiary/aromatic N) is 5. The third-order valence-corrected chi connectivity index (χ3v) is 7.13. The molecule has 0 aliphatic rings. The Morgan fingerprint density at radius 2 is 2.00 bits per heavy atom. The number of nitrogens with one attached hydrogen (secondary N) is 1. The predicted octanol–water partition coefficient (Wildman–Crippen LogP) is 5.81. The molecule has 4 rings (SSSR count). The SMILES string of the molecule is C=CCn1c(SCC(=O)Nc2nc(-c3ccc(Br)cc3)cs2)nnc1-c1cccc(N(C)C)c1. The molecule has 1 N–H and O–H groups in total. The summed E-state index contributed by atoms with van der Waals surface area (Å²) in [5, 5.41) is 14.8. The molecule has 34 heavy (non-hydrogen) atoms. The maximum Gasteiger partial charge on any atom is 0.236 e. The average molecular weight is 556 g/mol. The number of hydrogen-bond acceptors (Lipinski definition) is 7. The van der Waals surface area contributed by atoms with Crippen molar-refractivity contribution in [1.82, 2.24) is 19.7 Å². The van der Waals surface area contributed by atoms with Gasteiger partial charge in [0.15, 0.2) is 16.1 Å².